The molecule has 0 saturated carbocycles. The highest BCUT2D eigenvalue weighted by molar-refractivity contribution is 4.71. The predicted octanol–water partition coefficient (Wildman–Crippen LogP) is 2.64. The van der Waals surface area contributed by atoms with E-state index in [0.29, 0.717) is 0 Å². The molecule has 15 heavy (non-hydrogen) atoms. The smallest absolute Gasteiger partial charge is 0.0110 e. The minimum absolute atomic E-state index is 0.793. The fraction of sp³-hybridized carbons (Fsp3) is 1.00. The number of hydrogen-bond acceptors (Lipinski definition) is 2. The molecule has 0 amide bonds. The van der Waals surface area contributed by atoms with E-state index in [-0.39, 0.29) is 0 Å². The minimum atomic E-state index is 0.793. The summed E-state index contributed by atoms with van der Waals surface area (Å²) in [6, 6.07) is 0.793. The van der Waals surface area contributed by atoms with Gasteiger partial charge < -0.3 is 5.32 Å². The maximum absolute atomic E-state index is 3.47. The molecule has 0 radical (unpaired) electrons. The van der Waals surface area contributed by atoms with Gasteiger partial charge in [0.15, 0.2) is 0 Å². The number of nitrogens with one attached hydrogen (secondary N) is 1. The summed E-state index contributed by atoms with van der Waals surface area (Å²) < 4.78 is 0. The van der Waals surface area contributed by atoms with E-state index in [1.165, 1.54) is 64.7 Å². The van der Waals surface area contributed by atoms with Gasteiger partial charge >= 0.3 is 0 Å². The Morgan fingerprint density at radius 3 is 2.80 bits per heavy atom. The van der Waals surface area contributed by atoms with E-state index in [1.54, 1.807) is 0 Å². The molecule has 90 valence electrons. The maximum atomic E-state index is 3.47. The van der Waals surface area contributed by atoms with Gasteiger partial charge in [-0.25, -0.2) is 0 Å². The van der Waals surface area contributed by atoms with E-state index in [2.05, 4.69) is 24.1 Å². The largest absolute Gasteiger partial charge is 0.315 e. The Morgan fingerprint density at radius 1 is 1.13 bits per heavy atom. The Bertz CT molecular complexity index is 139. The molecule has 1 fully saturated rings. The summed E-state index contributed by atoms with van der Waals surface area (Å²) in [5, 5.41) is 3.47. The van der Waals surface area contributed by atoms with Crippen molar-refractivity contribution in [1.29, 1.82) is 0 Å². The molecule has 1 heterocycles. The molecule has 0 aliphatic carbocycles. The SMILES string of the molecule is CCCCCC[C@H](C)N1CCCNCC1. The summed E-state index contributed by atoms with van der Waals surface area (Å²) in [4.78, 5) is 2.66. The third-order valence-electron chi connectivity index (χ3n) is 3.47. The molecule has 0 aromatic heterocycles. The molecule has 0 aromatic rings. The average molecular weight is 212 g/mol. The van der Waals surface area contributed by atoms with Gasteiger partial charge in [-0.15, -0.1) is 0 Å². The Kier molecular flexibility index (Phi) is 7.03. The molecular formula is C13H28N2. The van der Waals surface area contributed by atoms with Crippen LogP contribution in [-0.2, 0) is 0 Å². The van der Waals surface area contributed by atoms with E-state index >= 15 is 0 Å². The highest BCUT2D eigenvalue weighted by Gasteiger charge is 2.14. The third-order valence-corrected chi connectivity index (χ3v) is 3.47. The summed E-state index contributed by atoms with van der Waals surface area (Å²) >= 11 is 0. The Balaban J connectivity index is 2.11. The maximum Gasteiger partial charge on any atom is 0.0110 e. The summed E-state index contributed by atoms with van der Waals surface area (Å²) in [6.45, 7) is 9.61. The molecule has 0 aromatic carbocycles. The Morgan fingerprint density at radius 2 is 2.00 bits per heavy atom. The van der Waals surface area contributed by atoms with Crippen LogP contribution in [0.1, 0.15) is 52.4 Å². The first-order valence-electron chi connectivity index (χ1n) is 6.79. The standard InChI is InChI=1S/C13H28N2/c1-3-4-5-6-8-13(2)15-11-7-9-14-10-12-15/h13-14H,3-12H2,1-2H3/t13-/m0/s1. The number of hydrogen-bond donors (Lipinski definition) is 1. The average Bonchev–Trinajstić information content (AvgIpc) is 2.52. The molecule has 0 unspecified atom stereocenters. The highest BCUT2D eigenvalue weighted by atomic mass is 15.2. The van der Waals surface area contributed by atoms with Crippen LogP contribution < -0.4 is 5.32 Å². The number of nitrogens with zero attached hydrogens (tertiary/aromatic N) is 1. The van der Waals surface area contributed by atoms with Crippen molar-refractivity contribution in [1.82, 2.24) is 10.2 Å². The van der Waals surface area contributed by atoms with Crippen molar-refractivity contribution in [3.8, 4) is 0 Å². The second-order valence-electron chi connectivity index (χ2n) is 4.84. The fourth-order valence-electron chi connectivity index (χ4n) is 2.36. The van der Waals surface area contributed by atoms with Crippen molar-refractivity contribution in [2.24, 2.45) is 0 Å². The van der Waals surface area contributed by atoms with Gasteiger partial charge in [0, 0.05) is 19.1 Å². The van der Waals surface area contributed by atoms with Crippen LogP contribution in [0.3, 0.4) is 0 Å². The van der Waals surface area contributed by atoms with Gasteiger partial charge in [-0.3, -0.25) is 4.90 Å². The monoisotopic (exact) mass is 212 g/mol. The van der Waals surface area contributed by atoms with Gasteiger partial charge in [0.25, 0.3) is 0 Å². The summed E-state index contributed by atoms with van der Waals surface area (Å²) in [5.41, 5.74) is 0. The van der Waals surface area contributed by atoms with Crippen molar-refractivity contribution in [2.45, 2.75) is 58.4 Å². The molecule has 1 N–H and O–H groups in total. The van der Waals surface area contributed by atoms with Crippen LogP contribution in [-0.4, -0.2) is 37.1 Å². The van der Waals surface area contributed by atoms with Crippen molar-refractivity contribution in [3.05, 3.63) is 0 Å². The van der Waals surface area contributed by atoms with Gasteiger partial charge in [-0.2, -0.15) is 0 Å². The summed E-state index contributed by atoms with van der Waals surface area (Å²) in [7, 11) is 0. The lowest BCUT2D eigenvalue weighted by molar-refractivity contribution is 0.209. The van der Waals surface area contributed by atoms with E-state index in [1.807, 2.05) is 0 Å². The zero-order chi connectivity index (χ0) is 10.9. The minimum Gasteiger partial charge on any atom is -0.315 e. The quantitative estimate of drug-likeness (QED) is 0.681. The van der Waals surface area contributed by atoms with E-state index < -0.39 is 0 Å². The first kappa shape index (κ1) is 13.0. The molecule has 0 spiro atoms. The number of rotatable bonds is 6. The van der Waals surface area contributed by atoms with E-state index in [4.69, 9.17) is 0 Å². The van der Waals surface area contributed by atoms with Gasteiger partial charge in [0.05, 0.1) is 0 Å². The molecular weight excluding hydrogens is 184 g/mol. The van der Waals surface area contributed by atoms with Crippen molar-refractivity contribution in [3.63, 3.8) is 0 Å². The second-order valence-corrected chi connectivity index (χ2v) is 4.84. The molecule has 1 saturated heterocycles. The summed E-state index contributed by atoms with van der Waals surface area (Å²) in [5.74, 6) is 0. The van der Waals surface area contributed by atoms with Crippen LogP contribution in [0, 0.1) is 0 Å². The summed E-state index contributed by atoms with van der Waals surface area (Å²) in [6.07, 6.45) is 8.31. The zero-order valence-corrected chi connectivity index (χ0v) is 10.6. The normalized spacial score (nSPS) is 21.2. The van der Waals surface area contributed by atoms with Crippen LogP contribution in [0.2, 0.25) is 0 Å². The Labute approximate surface area is 95.4 Å². The highest BCUT2D eigenvalue weighted by Crippen LogP contribution is 2.11. The van der Waals surface area contributed by atoms with Crippen LogP contribution in [0.15, 0.2) is 0 Å². The second kappa shape index (κ2) is 8.12. The fourth-order valence-corrected chi connectivity index (χ4v) is 2.36. The van der Waals surface area contributed by atoms with E-state index in [9.17, 15) is 0 Å². The van der Waals surface area contributed by atoms with Gasteiger partial charge in [0.1, 0.15) is 0 Å². The molecule has 2 heteroatoms. The van der Waals surface area contributed by atoms with Gasteiger partial charge in [-0.05, 0) is 32.9 Å². The van der Waals surface area contributed by atoms with E-state index in [0.717, 1.165) is 6.04 Å². The predicted molar refractivity (Wildman–Crippen MR) is 67.3 cm³/mol. The first-order chi connectivity index (χ1) is 7.34. The first-order valence-corrected chi connectivity index (χ1v) is 6.79. The van der Waals surface area contributed by atoms with Crippen molar-refractivity contribution >= 4 is 0 Å². The lowest BCUT2D eigenvalue weighted by Gasteiger charge is -2.27. The van der Waals surface area contributed by atoms with Gasteiger partial charge in [-0.1, -0.05) is 32.6 Å². The van der Waals surface area contributed by atoms with Crippen LogP contribution in [0.4, 0.5) is 0 Å². The van der Waals surface area contributed by atoms with Crippen LogP contribution in [0.25, 0.3) is 0 Å². The third kappa shape index (κ3) is 5.53. The molecule has 1 atom stereocenters. The van der Waals surface area contributed by atoms with Gasteiger partial charge in [0.2, 0.25) is 0 Å². The Hall–Kier alpha value is -0.0800. The lowest BCUT2D eigenvalue weighted by atomic mass is 10.1. The molecule has 1 aliphatic heterocycles. The van der Waals surface area contributed by atoms with Crippen molar-refractivity contribution in [2.75, 3.05) is 26.2 Å². The van der Waals surface area contributed by atoms with Crippen LogP contribution >= 0.6 is 0 Å². The molecule has 2 nitrogen and oxygen atoms in total. The zero-order valence-electron chi connectivity index (χ0n) is 10.6. The van der Waals surface area contributed by atoms with Crippen molar-refractivity contribution < 1.29 is 0 Å². The lowest BCUT2D eigenvalue weighted by Crippen LogP contribution is -2.35. The molecule has 0 bridgehead atoms. The molecule has 1 aliphatic rings. The van der Waals surface area contributed by atoms with Crippen LogP contribution in [0.5, 0.6) is 0 Å². The molecule has 1 rings (SSSR count). The number of unbranched alkanes of at least 4 members (excludes halogenated alkanes) is 3. The topological polar surface area (TPSA) is 15.3 Å².